The number of rotatable bonds is 5. The van der Waals surface area contributed by atoms with Gasteiger partial charge in [-0.3, -0.25) is 24.1 Å². The topological polar surface area (TPSA) is 211 Å². The molecule has 2 amide bonds. The fourth-order valence-corrected chi connectivity index (χ4v) is 6.06. The van der Waals surface area contributed by atoms with E-state index in [9.17, 15) is 44.7 Å². The molecule has 12 heteroatoms. The summed E-state index contributed by atoms with van der Waals surface area (Å²) in [4.78, 5) is 52.9. The van der Waals surface area contributed by atoms with Crippen molar-refractivity contribution < 1.29 is 44.7 Å². The van der Waals surface area contributed by atoms with Crippen LogP contribution in [0.5, 0.6) is 5.75 Å². The summed E-state index contributed by atoms with van der Waals surface area (Å²) in [7, 11) is 2.86. The summed E-state index contributed by atoms with van der Waals surface area (Å²) < 4.78 is 0. The van der Waals surface area contributed by atoms with Crippen molar-refractivity contribution in [2.45, 2.75) is 24.3 Å². The number of nitrogens with zero attached hydrogens (tertiary/aromatic N) is 1. The number of hydrogen-bond acceptors (Lipinski definition) is 10. The van der Waals surface area contributed by atoms with Crippen LogP contribution in [-0.4, -0.2) is 85.7 Å². The number of fused-ring (bicyclic) bond motifs is 3. The van der Waals surface area contributed by atoms with E-state index in [0.717, 1.165) is 0 Å². The maximum absolute atomic E-state index is 13.9. The molecule has 12 nitrogen and oxygen atoms in total. The van der Waals surface area contributed by atoms with Gasteiger partial charge in [-0.1, -0.05) is 30.3 Å². The van der Waals surface area contributed by atoms with E-state index >= 15 is 0 Å². The van der Waals surface area contributed by atoms with Gasteiger partial charge in [0, 0.05) is 35.6 Å². The molecule has 2 aromatic rings. The van der Waals surface area contributed by atoms with Crippen LogP contribution in [0.3, 0.4) is 0 Å². The molecule has 0 heterocycles. The normalized spacial score (nSPS) is 27.3. The molecule has 1 fully saturated rings. The van der Waals surface area contributed by atoms with Crippen LogP contribution in [0.4, 0.5) is 0 Å². The SMILES string of the molecule is CN(C)[C@@H]1C(=O)C(C(N)=O)=C(O)[C@@]2(O)C(=O)C3=C(O)c4c(ccc(CNC(=O)c5ccccc5)c4O)[CH][C@H]3[C@H](O)[C@@H]12. The number of benzene rings is 2. The second kappa shape index (κ2) is 9.84. The van der Waals surface area contributed by atoms with Gasteiger partial charge in [0.1, 0.15) is 22.8 Å². The Hall–Kier alpha value is -4.52. The van der Waals surface area contributed by atoms with Crippen molar-refractivity contribution in [1.82, 2.24) is 10.2 Å². The van der Waals surface area contributed by atoms with Gasteiger partial charge in [0.25, 0.3) is 11.8 Å². The van der Waals surface area contributed by atoms with Crippen molar-refractivity contribution in [1.29, 1.82) is 0 Å². The summed E-state index contributed by atoms with van der Waals surface area (Å²) in [6, 6.07) is 9.95. The van der Waals surface area contributed by atoms with Crippen LogP contribution in [0.1, 0.15) is 27.0 Å². The summed E-state index contributed by atoms with van der Waals surface area (Å²) in [6.45, 7) is -0.139. The van der Waals surface area contributed by atoms with Crippen molar-refractivity contribution in [3.8, 4) is 5.75 Å². The lowest BCUT2D eigenvalue weighted by molar-refractivity contribution is -0.167. The molecule has 0 aromatic heterocycles. The van der Waals surface area contributed by atoms with E-state index in [4.69, 9.17) is 5.73 Å². The van der Waals surface area contributed by atoms with E-state index in [1.165, 1.54) is 37.5 Å². The Kier molecular flexibility index (Phi) is 6.72. The van der Waals surface area contributed by atoms with Gasteiger partial charge in [-0.25, -0.2) is 0 Å². The number of hydrogen-bond donors (Lipinski definition) is 7. The van der Waals surface area contributed by atoms with Crippen LogP contribution in [0, 0.1) is 18.3 Å². The fraction of sp³-hybridized carbons (Fsp3) is 0.276. The van der Waals surface area contributed by atoms with Crippen molar-refractivity contribution in [3.63, 3.8) is 0 Å². The highest BCUT2D eigenvalue weighted by Crippen LogP contribution is 2.53. The summed E-state index contributed by atoms with van der Waals surface area (Å²) >= 11 is 0. The zero-order valence-corrected chi connectivity index (χ0v) is 22.0. The summed E-state index contributed by atoms with van der Waals surface area (Å²) in [5.74, 6) is -9.47. The molecule has 5 atom stereocenters. The number of likely N-dealkylation sites (N-methyl/N-ethyl adjacent to an activating group) is 1. The third-order valence-corrected chi connectivity index (χ3v) is 8.02. The van der Waals surface area contributed by atoms with Gasteiger partial charge in [-0.2, -0.15) is 0 Å². The van der Waals surface area contributed by atoms with Crippen LogP contribution >= 0.6 is 0 Å². The molecule has 41 heavy (non-hydrogen) atoms. The molecule has 0 aliphatic heterocycles. The molecule has 1 radical (unpaired) electrons. The Bertz CT molecular complexity index is 1560. The number of aliphatic hydroxyl groups excluding tert-OH is 3. The number of ketones is 2. The first kappa shape index (κ1) is 28.0. The number of Topliss-reactive ketones (excluding diaryl/α,β-unsaturated/α-hetero) is 2. The number of aliphatic hydroxyl groups is 4. The average Bonchev–Trinajstić information content (AvgIpc) is 2.92. The summed E-state index contributed by atoms with van der Waals surface area (Å²) in [5, 5.41) is 59.0. The number of aromatic hydroxyl groups is 1. The van der Waals surface area contributed by atoms with Gasteiger partial charge < -0.3 is 36.6 Å². The Balaban J connectivity index is 1.59. The smallest absolute Gasteiger partial charge is 0.255 e. The van der Waals surface area contributed by atoms with Crippen LogP contribution in [-0.2, 0) is 20.9 Å². The van der Waals surface area contributed by atoms with Gasteiger partial charge in [0.2, 0.25) is 5.78 Å². The second-order valence-corrected chi connectivity index (χ2v) is 10.5. The third-order valence-electron chi connectivity index (χ3n) is 8.02. The predicted molar refractivity (Wildman–Crippen MR) is 143 cm³/mol. The Morgan fingerprint density at radius 2 is 1.71 bits per heavy atom. The molecule has 5 rings (SSSR count). The summed E-state index contributed by atoms with van der Waals surface area (Å²) in [6.07, 6.45) is -0.303. The molecular formula is C29H28N3O9. The van der Waals surface area contributed by atoms with E-state index < -0.39 is 81.4 Å². The molecular weight excluding hydrogens is 534 g/mol. The average molecular weight is 563 g/mol. The molecule has 2 aromatic carbocycles. The third kappa shape index (κ3) is 4.02. The van der Waals surface area contributed by atoms with Crippen molar-refractivity contribution in [2.24, 2.45) is 17.6 Å². The highest BCUT2D eigenvalue weighted by molar-refractivity contribution is 6.24. The Morgan fingerprint density at radius 1 is 1.05 bits per heavy atom. The lowest BCUT2D eigenvalue weighted by Crippen LogP contribution is -2.70. The molecule has 0 unspecified atom stereocenters. The number of nitrogens with two attached hydrogens (primary N) is 1. The molecule has 213 valence electrons. The van der Waals surface area contributed by atoms with Crippen molar-refractivity contribution in [2.75, 3.05) is 14.1 Å². The molecule has 0 saturated heterocycles. The van der Waals surface area contributed by atoms with Gasteiger partial charge in [-0.15, -0.1) is 0 Å². The molecule has 8 N–H and O–H groups in total. The highest BCUT2D eigenvalue weighted by Gasteiger charge is 2.67. The number of phenolic OH excluding ortho intramolecular Hbond substituents is 1. The molecule has 3 aliphatic rings. The van der Waals surface area contributed by atoms with Gasteiger partial charge >= 0.3 is 0 Å². The lowest BCUT2D eigenvalue weighted by Gasteiger charge is -2.52. The summed E-state index contributed by atoms with van der Waals surface area (Å²) in [5.41, 5.74) is 1.43. The van der Waals surface area contributed by atoms with Crippen LogP contribution in [0.15, 0.2) is 59.4 Å². The Labute approximate surface area is 234 Å². The van der Waals surface area contributed by atoms with E-state index in [1.807, 2.05) is 0 Å². The minimum atomic E-state index is -2.99. The van der Waals surface area contributed by atoms with Gasteiger partial charge in [0.05, 0.1) is 23.6 Å². The predicted octanol–water partition coefficient (Wildman–Crippen LogP) is -0.125. The number of amides is 2. The fourth-order valence-electron chi connectivity index (χ4n) is 6.06. The highest BCUT2D eigenvalue weighted by atomic mass is 16.4. The van der Waals surface area contributed by atoms with Crippen molar-refractivity contribution in [3.05, 3.63) is 88.0 Å². The lowest BCUT2D eigenvalue weighted by atomic mass is 9.56. The number of carbonyl (C=O) groups is 4. The first-order valence-electron chi connectivity index (χ1n) is 12.7. The van der Waals surface area contributed by atoms with Crippen molar-refractivity contribution >= 4 is 29.1 Å². The quantitative estimate of drug-likeness (QED) is 0.240. The second-order valence-electron chi connectivity index (χ2n) is 10.5. The van der Waals surface area contributed by atoms with Crippen LogP contribution < -0.4 is 11.1 Å². The monoisotopic (exact) mass is 562 g/mol. The number of carbonyl (C=O) groups excluding carboxylic acids is 4. The largest absolute Gasteiger partial charge is 0.508 e. The van der Waals surface area contributed by atoms with E-state index in [0.29, 0.717) is 5.56 Å². The zero-order chi connectivity index (χ0) is 30.0. The number of phenols is 1. The molecule has 3 aliphatic carbocycles. The van der Waals surface area contributed by atoms with E-state index in [2.05, 4.69) is 5.32 Å². The number of nitrogens with one attached hydrogen (secondary N) is 1. The maximum atomic E-state index is 13.9. The van der Waals surface area contributed by atoms with Crippen LogP contribution in [0.2, 0.25) is 0 Å². The number of primary amides is 1. The zero-order valence-electron chi connectivity index (χ0n) is 22.0. The first-order chi connectivity index (χ1) is 19.3. The standard InChI is InChI=1S/C29H28N3O9/c1-32(2)20-19-22(34)15-10-13-8-9-14(11-31-28(40)12-6-4-3-5-7-12)21(33)16(13)23(35)17(15)25(37)29(19,41)26(38)18(24(20)36)27(30)39/h3-10,15,19-20,22,33-35,38,41H,11H2,1-2H3,(H2,30,39)(H,31,40)/t15-,19-,20+,22+,29+/m1/s1. The Morgan fingerprint density at radius 3 is 2.32 bits per heavy atom. The van der Waals surface area contributed by atoms with E-state index in [-0.39, 0.29) is 23.2 Å². The minimum Gasteiger partial charge on any atom is -0.508 e. The maximum Gasteiger partial charge on any atom is 0.255 e. The van der Waals surface area contributed by atoms with Crippen LogP contribution in [0.25, 0.3) is 5.76 Å². The molecule has 1 saturated carbocycles. The molecule has 0 spiro atoms. The van der Waals surface area contributed by atoms with Gasteiger partial charge in [0.15, 0.2) is 11.4 Å². The minimum absolute atomic E-state index is 0.139. The van der Waals surface area contributed by atoms with Gasteiger partial charge in [-0.05, 0) is 31.8 Å². The van der Waals surface area contributed by atoms with E-state index in [1.54, 1.807) is 30.3 Å². The first-order valence-corrected chi connectivity index (χ1v) is 12.7. The molecule has 0 bridgehead atoms.